The number of ketones is 1. The molecule has 3 fully saturated rings. The van der Waals surface area contributed by atoms with Gasteiger partial charge < -0.3 is 33.5 Å². The Morgan fingerprint density at radius 1 is 1.00 bits per heavy atom. The van der Waals surface area contributed by atoms with Crippen LogP contribution in [0, 0.1) is 23.7 Å². The van der Waals surface area contributed by atoms with Gasteiger partial charge in [-0.3, -0.25) is 9.59 Å². The quantitative estimate of drug-likeness (QED) is 0.300. The number of nitrogens with zero attached hydrogens (tertiary/aromatic N) is 1. The van der Waals surface area contributed by atoms with E-state index in [0.29, 0.717) is 36.3 Å². The molecule has 10 nitrogen and oxygen atoms in total. The first kappa shape index (κ1) is 38.1. The van der Waals surface area contributed by atoms with Gasteiger partial charge in [-0.25, -0.2) is 4.98 Å². The lowest BCUT2D eigenvalue weighted by Gasteiger charge is -2.44. The molecule has 0 radical (unpaired) electrons. The van der Waals surface area contributed by atoms with Crippen molar-refractivity contribution in [2.45, 2.75) is 127 Å². The molecular weight excluding hydrogens is 706 g/mol. The van der Waals surface area contributed by atoms with Crippen LogP contribution >= 0.6 is 22.9 Å². The van der Waals surface area contributed by atoms with Crippen molar-refractivity contribution in [1.29, 1.82) is 0 Å². The molecule has 0 spiro atoms. The van der Waals surface area contributed by atoms with Gasteiger partial charge in [-0.1, -0.05) is 49.7 Å². The molecule has 1 aromatic carbocycles. The zero-order valence-corrected chi connectivity index (χ0v) is 32.4. The summed E-state index contributed by atoms with van der Waals surface area (Å²) in [4.78, 5) is 34.5. The molecule has 0 bridgehead atoms. The van der Waals surface area contributed by atoms with Crippen LogP contribution in [0.5, 0.6) is 0 Å². The first-order chi connectivity index (χ1) is 25.1. The molecule has 3 heterocycles. The number of aliphatic hydroxyl groups excluding tert-OH is 1. The van der Waals surface area contributed by atoms with Gasteiger partial charge >= 0.3 is 5.97 Å². The monoisotopic (exact) mass is 757 g/mol. The summed E-state index contributed by atoms with van der Waals surface area (Å²) in [5, 5.41) is 12.6. The van der Waals surface area contributed by atoms with Crippen molar-refractivity contribution in [2.75, 3.05) is 21.3 Å². The van der Waals surface area contributed by atoms with Gasteiger partial charge in [0.1, 0.15) is 29.4 Å². The van der Waals surface area contributed by atoms with Crippen LogP contribution in [0.25, 0.3) is 10.6 Å². The lowest BCUT2D eigenvalue weighted by atomic mass is 9.67. The molecule has 3 aliphatic carbocycles. The number of carbonyl (C=O) groups is 2. The molecule has 5 aliphatic rings. The lowest BCUT2D eigenvalue weighted by Crippen LogP contribution is -2.59. The number of hydrogen-bond acceptors (Lipinski definition) is 11. The Balaban J connectivity index is 1.27. The van der Waals surface area contributed by atoms with Gasteiger partial charge in [0.2, 0.25) is 0 Å². The predicted octanol–water partition coefficient (Wildman–Crippen LogP) is 6.86. The van der Waals surface area contributed by atoms with Crippen LogP contribution in [-0.4, -0.2) is 92.2 Å². The Bertz CT molecular complexity index is 1650. The molecule has 3 unspecified atom stereocenters. The van der Waals surface area contributed by atoms with E-state index in [2.05, 4.69) is 6.08 Å². The Hall–Kier alpha value is -2.22. The summed E-state index contributed by atoms with van der Waals surface area (Å²) in [5.74, 6) is -1.44. The summed E-state index contributed by atoms with van der Waals surface area (Å²) in [7, 11) is 4.92. The molecule has 2 saturated heterocycles. The van der Waals surface area contributed by atoms with Gasteiger partial charge in [-0.05, 0) is 68.9 Å². The van der Waals surface area contributed by atoms with Crippen LogP contribution in [0.2, 0.25) is 5.02 Å². The molecule has 284 valence electrons. The van der Waals surface area contributed by atoms with Crippen LogP contribution in [0.15, 0.2) is 35.9 Å². The van der Waals surface area contributed by atoms with Gasteiger partial charge in [0.25, 0.3) is 0 Å². The second kappa shape index (κ2) is 15.9. The van der Waals surface area contributed by atoms with E-state index in [1.54, 1.807) is 32.7 Å². The molecule has 12 heteroatoms. The number of ether oxygens (including phenoxy) is 6. The number of halogens is 1. The standard InChI is InChI=1S/C40H52ClNO9S/c1-7-21-11-10-14-30(43)19(2)34(45)27-17-25-24-15-22(51-40-37(48-6)36(47-5)35(46-4)20(3)49-40)16-28(24)38-33(32(25)26(27)18-31(44)50-21)42-39(52-38)23-12-8-9-13-29(23)41/h8-9,12-13,17,19-22,24-26,28,30,32,35-37,40,43H,7,10-11,14-16,18H2,1-6H3/t19-,20?,21+,22+,24+,25+,26-,28-,30+,32-,35+,36?,37?,40+/m1/s1. The van der Waals surface area contributed by atoms with Crippen LogP contribution in [0.4, 0.5) is 0 Å². The number of carbonyl (C=O) groups excluding carboxylic acids is 2. The average Bonchev–Trinajstić information content (AvgIpc) is 3.85. The largest absolute Gasteiger partial charge is 0.462 e. The number of methoxy groups -OCH3 is 3. The number of fused-ring (bicyclic) bond motifs is 8. The molecule has 14 atom stereocenters. The van der Waals surface area contributed by atoms with E-state index in [9.17, 15) is 14.7 Å². The van der Waals surface area contributed by atoms with Gasteiger partial charge in [0.15, 0.2) is 12.1 Å². The lowest BCUT2D eigenvalue weighted by molar-refractivity contribution is -0.314. The number of esters is 1. The maximum absolute atomic E-state index is 14.3. The summed E-state index contributed by atoms with van der Waals surface area (Å²) < 4.78 is 36.7. The van der Waals surface area contributed by atoms with Crippen molar-refractivity contribution in [3.8, 4) is 10.6 Å². The van der Waals surface area contributed by atoms with Gasteiger partial charge in [0.05, 0.1) is 35.4 Å². The van der Waals surface area contributed by atoms with Crippen LogP contribution < -0.4 is 0 Å². The molecule has 2 aromatic rings. The van der Waals surface area contributed by atoms with Crippen molar-refractivity contribution in [1.82, 2.24) is 4.98 Å². The normalized spacial score (nSPS) is 39.3. The number of rotatable bonds is 7. The molecule has 1 N–H and O–H groups in total. The molecule has 2 aliphatic heterocycles. The Morgan fingerprint density at radius 2 is 1.75 bits per heavy atom. The highest BCUT2D eigenvalue weighted by Crippen LogP contribution is 2.63. The highest BCUT2D eigenvalue weighted by Gasteiger charge is 2.57. The number of aliphatic hydroxyl groups is 1. The minimum Gasteiger partial charge on any atom is -0.462 e. The zero-order valence-electron chi connectivity index (χ0n) is 30.9. The van der Waals surface area contributed by atoms with Crippen LogP contribution in [0.3, 0.4) is 0 Å². The minimum absolute atomic E-state index is 0.0606. The molecule has 1 saturated carbocycles. The number of Topliss-reactive ketones (excluding diaryl/α,β-unsaturated/α-hetero) is 1. The number of benzene rings is 1. The van der Waals surface area contributed by atoms with Crippen molar-refractivity contribution < 1.29 is 43.1 Å². The third kappa shape index (κ3) is 6.94. The average molecular weight is 758 g/mol. The number of aromatic nitrogens is 1. The number of allylic oxidation sites excluding steroid dienone is 2. The van der Waals surface area contributed by atoms with Crippen molar-refractivity contribution in [3.05, 3.63) is 51.5 Å². The maximum atomic E-state index is 14.3. The van der Waals surface area contributed by atoms with Crippen molar-refractivity contribution in [3.63, 3.8) is 0 Å². The maximum Gasteiger partial charge on any atom is 0.306 e. The van der Waals surface area contributed by atoms with Crippen LogP contribution in [-0.2, 0) is 38.0 Å². The van der Waals surface area contributed by atoms with E-state index in [-0.39, 0.29) is 72.4 Å². The van der Waals surface area contributed by atoms with Gasteiger partial charge in [0, 0.05) is 55.4 Å². The molecule has 0 amide bonds. The topological polar surface area (TPSA) is 123 Å². The summed E-state index contributed by atoms with van der Waals surface area (Å²) >= 11 is 8.38. The summed E-state index contributed by atoms with van der Waals surface area (Å²) in [5.41, 5.74) is 2.40. The molecule has 7 rings (SSSR count). The fourth-order valence-corrected chi connectivity index (χ4v) is 11.4. The van der Waals surface area contributed by atoms with Crippen molar-refractivity contribution in [2.24, 2.45) is 23.7 Å². The van der Waals surface area contributed by atoms with E-state index in [1.165, 1.54) is 0 Å². The summed E-state index contributed by atoms with van der Waals surface area (Å²) in [6, 6.07) is 7.72. The summed E-state index contributed by atoms with van der Waals surface area (Å²) in [6.45, 7) is 5.79. The second-order valence-electron chi connectivity index (χ2n) is 15.3. The Morgan fingerprint density at radius 3 is 2.46 bits per heavy atom. The Kier molecular flexibility index (Phi) is 11.6. The van der Waals surface area contributed by atoms with E-state index in [0.717, 1.165) is 34.0 Å². The molecule has 52 heavy (non-hydrogen) atoms. The number of thiazole rings is 1. The highest BCUT2D eigenvalue weighted by molar-refractivity contribution is 7.15. The fourth-order valence-electron chi connectivity index (χ4n) is 9.73. The van der Waals surface area contributed by atoms with Crippen LogP contribution in [0.1, 0.15) is 88.1 Å². The third-order valence-corrected chi connectivity index (χ3v) is 14.0. The van der Waals surface area contributed by atoms with E-state index >= 15 is 0 Å². The third-order valence-electron chi connectivity index (χ3n) is 12.4. The fraction of sp³-hybridized carbons (Fsp3) is 0.675. The summed E-state index contributed by atoms with van der Waals surface area (Å²) in [6.07, 6.45) is 2.87. The van der Waals surface area contributed by atoms with Crippen molar-refractivity contribution >= 4 is 34.7 Å². The molecular formula is C40H52ClNO9S. The smallest absolute Gasteiger partial charge is 0.306 e. The number of hydrogen-bond donors (Lipinski definition) is 1. The SMILES string of the molecule is CC[C@H]1CCC[C@H](O)[C@@H](C)C(=O)C2=C[C@H]3[C@@H]4C[C@H](O[C@@H]5OC(C)[C@H](OC)C(OC)C5OC)C[C@H]4c4sc(-c5ccccc5Cl)nc4[C@H]3[C@@H]2CC(=O)O1. The minimum atomic E-state index is -0.775. The van der Waals surface area contributed by atoms with E-state index < -0.39 is 30.3 Å². The second-order valence-corrected chi connectivity index (χ2v) is 16.7. The Labute approximate surface area is 315 Å². The van der Waals surface area contributed by atoms with Gasteiger partial charge in [-0.2, -0.15) is 0 Å². The zero-order chi connectivity index (χ0) is 36.8. The predicted molar refractivity (Wildman–Crippen MR) is 196 cm³/mol. The first-order valence-electron chi connectivity index (χ1n) is 18.9. The van der Waals surface area contributed by atoms with E-state index in [4.69, 9.17) is 45.0 Å². The van der Waals surface area contributed by atoms with Gasteiger partial charge in [-0.15, -0.1) is 11.3 Å². The first-order valence-corrected chi connectivity index (χ1v) is 20.1. The number of cyclic esters (lactones) is 1. The highest BCUT2D eigenvalue weighted by atomic mass is 35.5. The molecule has 1 aromatic heterocycles. The van der Waals surface area contributed by atoms with E-state index in [1.807, 2.05) is 45.0 Å².